The first-order valence-corrected chi connectivity index (χ1v) is 11.5. The first kappa shape index (κ1) is 20.8. The number of hydrogen-bond acceptors (Lipinski definition) is 0. The third-order valence-electron chi connectivity index (χ3n) is 6.08. The van der Waals surface area contributed by atoms with Gasteiger partial charge in [-0.1, -0.05) is 111 Å². The normalized spacial score (nSPS) is 11.6. The second kappa shape index (κ2) is 9.18. The molecule has 5 aromatic rings. The van der Waals surface area contributed by atoms with E-state index in [2.05, 4.69) is 133 Å². The first-order chi connectivity index (χ1) is 16.3. The van der Waals surface area contributed by atoms with Gasteiger partial charge < -0.3 is 4.57 Å². The molecule has 0 spiro atoms. The molecule has 0 saturated heterocycles. The Morgan fingerprint density at radius 1 is 0.758 bits per heavy atom. The van der Waals surface area contributed by atoms with Gasteiger partial charge in [-0.2, -0.15) is 0 Å². The number of benzene rings is 4. The Morgan fingerprint density at radius 3 is 2.03 bits per heavy atom. The summed E-state index contributed by atoms with van der Waals surface area (Å²) in [4.78, 5) is 0. The van der Waals surface area contributed by atoms with Gasteiger partial charge in [0.1, 0.15) is 0 Å². The van der Waals surface area contributed by atoms with Crippen LogP contribution < -0.4 is 0 Å². The summed E-state index contributed by atoms with van der Waals surface area (Å²) in [5, 5.41) is 1.21. The molecule has 0 saturated carbocycles. The Hall–Kier alpha value is -4.10. The van der Waals surface area contributed by atoms with Gasteiger partial charge in [0.2, 0.25) is 0 Å². The van der Waals surface area contributed by atoms with Crippen LogP contribution in [0.25, 0.3) is 39.4 Å². The molecule has 1 nitrogen and oxygen atoms in total. The molecule has 160 valence electrons. The van der Waals surface area contributed by atoms with Crippen LogP contribution in [-0.2, 0) is 0 Å². The number of aromatic nitrogens is 1. The predicted octanol–water partition coefficient (Wildman–Crippen LogP) is 8.78. The van der Waals surface area contributed by atoms with Crippen molar-refractivity contribution in [2.75, 3.05) is 0 Å². The molecule has 0 aliphatic heterocycles. The molecule has 0 radical (unpaired) electrons. The lowest BCUT2D eigenvalue weighted by molar-refractivity contribution is 1.09. The zero-order valence-corrected chi connectivity index (χ0v) is 18.9. The average molecular weight is 426 g/mol. The molecule has 1 heterocycles. The SMILES string of the molecule is C=Cc1c(C(=CCC)c2ccccc2)n(-c2ccccc2)c2ccc(-c3ccccc3)cc12. The van der Waals surface area contributed by atoms with E-state index < -0.39 is 0 Å². The molecule has 0 atom stereocenters. The van der Waals surface area contributed by atoms with E-state index in [4.69, 9.17) is 0 Å². The van der Waals surface area contributed by atoms with E-state index in [0.717, 1.165) is 17.7 Å². The van der Waals surface area contributed by atoms with Crippen molar-refractivity contribution in [3.8, 4) is 16.8 Å². The Labute approximate surface area is 196 Å². The first-order valence-electron chi connectivity index (χ1n) is 11.5. The van der Waals surface area contributed by atoms with Crippen LogP contribution in [0.3, 0.4) is 0 Å². The molecule has 0 unspecified atom stereocenters. The monoisotopic (exact) mass is 425 g/mol. The Bertz CT molecular complexity index is 1420. The summed E-state index contributed by atoms with van der Waals surface area (Å²) in [6.45, 7) is 6.44. The topological polar surface area (TPSA) is 4.93 Å². The summed E-state index contributed by atoms with van der Waals surface area (Å²) in [5.41, 5.74) is 9.55. The van der Waals surface area contributed by atoms with Crippen LogP contribution >= 0.6 is 0 Å². The number of hydrogen-bond donors (Lipinski definition) is 0. The van der Waals surface area contributed by atoms with Crippen molar-refractivity contribution in [3.63, 3.8) is 0 Å². The van der Waals surface area contributed by atoms with E-state index in [1.807, 2.05) is 6.08 Å². The van der Waals surface area contributed by atoms with Gasteiger partial charge in [0.05, 0.1) is 11.2 Å². The lowest BCUT2D eigenvalue weighted by atomic mass is 9.96. The highest BCUT2D eigenvalue weighted by molar-refractivity contribution is 6.01. The van der Waals surface area contributed by atoms with Crippen molar-refractivity contribution in [2.24, 2.45) is 0 Å². The molecule has 1 aromatic heterocycles. The van der Waals surface area contributed by atoms with Crippen molar-refractivity contribution in [1.82, 2.24) is 4.57 Å². The van der Waals surface area contributed by atoms with Gasteiger partial charge in [0, 0.05) is 22.2 Å². The Morgan fingerprint density at radius 2 is 1.39 bits per heavy atom. The van der Waals surface area contributed by atoms with E-state index in [1.165, 1.54) is 38.9 Å². The summed E-state index contributed by atoms with van der Waals surface area (Å²) >= 11 is 0. The van der Waals surface area contributed by atoms with Crippen molar-refractivity contribution >= 4 is 22.6 Å². The minimum absolute atomic E-state index is 0.951. The quantitative estimate of drug-likeness (QED) is 0.256. The van der Waals surface area contributed by atoms with Gasteiger partial charge in [-0.3, -0.25) is 0 Å². The van der Waals surface area contributed by atoms with Crippen LogP contribution in [-0.4, -0.2) is 4.57 Å². The molecule has 5 rings (SSSR count). The van der Waals surface area contributed by atoms with Gasteiger partial charge in [-0.15, -0.1) is 0 Å². The summed E-state index contributed by atoms with van der Waals surface area (Å²) in [6, 6.07) is 38.6. The number of fused-ring (bicyclic) bond motifs is 1. The van der Waals surface area contributed by atoms with E-state index in [1.54, 1.807) is 0 Å². The maximum absolute atomic E-state index is 4.25. The summed E-state index contributed by atoms with van der Waals surface area (Å²) in [5.74, 6) is 0. The molecule has 1 heteroatoms. The standard InChI is InChI=1S/C32H27N/c1-3-14-29(25-17-10-6-11-18-25)32-28(4-2)30-23-26(24-15-8-5-9-16-24)21-22-31(30)33(32)27-19-12-7-13-20-27/h4-23H,2-3H2,1H3. The maximum atomic E-state index is 4.25. The molecule has 0 fully saturated rings. The zero-order chi connectivity index (χ0) is 22.6. The fraction of sp³-hybridized carbons (Fsp3) is 0.0625. The summed E-state index contributed by atoms with van der Waals surface area (Å²) in [7, 11) is 0. The molecule has 4 aromatic carbocycles. The fourth-order valence-electron chi connectivity index (χ4n) is 4.62. The number of rotatable bonds is 6. The largest absolute Gasteiger partial charge is 0.309 e. The third kappa shape index (κ3) is 3.83. The number of allylic oxidation sites excluding steroid dienone is 1. The Kier molecular flexibility index (Phi) is 5.78. The van der Waals surface area contributed by atoms with E-state index >= 15 is 0 Å². The van der Waals surface area contributed by atoms with Crippen LogP contribution in [0.4, 0.5) is 0 Å². The molecule has 0 aliphatic carbocycles. The predicted molar refractivity (Wildman–Crippen MR) is 143 cm³/mol. The van der Waals surface area contributed by atoms with Crippen LogP contribution in [0.2, 0.25) is 0 Å². The minimum atomic E-state index is 0.951. The molecule has 33 heavy (non-hydrogen) atoms. The highest BCUT2D eigenvalue weighted by Crippen LogP contribution is 2.39. The maximum Gasteiger partial charge on any atom is 0.0616 e. The highest BCUT2D eigenvalue weighted by Gasteiger charge is 2.21. The van der Waals surface area contributed by atoms with Crippen molar-refractivity contribution in [1.29, 1.82) is 0 Å². The molecular formula is C32H27N. The third-order valence-corrected chi connectivity index (χ3v) is 6.08. The van der Waals surface area contributed by atoms with E-state index in [-0.39, 0.29) is 0 Å². The van der Waals surface area contributed by atoms with E-state index in [0.29, 0.717) is 0 Å². The van der Waals surface area contributed by atoms with Crippen LogP contribution in [0.15, 0.2) is 122 Å². The van der Waals surface area contributed by atoms with E-state index in [9.17, 15) is 0 Å². The van der Waals surface area contributed by atoms with Crippen molar-refractivity contribution in [2.45, 2.75) is 13.3 Å². The van der Waals surface area contributed by atoms with Crippen molar-refractivity contribution in [3.05, 3.63) is 139 Å². The van der Waals surface area contributed by atoms with Crippen molar-refractivity contribution < 1.29 is 0 Å². The molecule has 0 N–H and O–H groups in total. The van der Waals surface area contributed by atoms with Gasteiger partial charge in [0.25, 0.3) is 0 Å². The molecular weight excluding hydrogens is 398 g/mol. The van der Waals surface area contributed by atoms with Crippen LogP contribution in [0.5, 0.6) is 0 Å². The van der Waals surface area contributed by atoms with Gasteiger partial charge in [-0.05, 0) is 47.4 Å². The second-order valence-corrected chi connectivity index (χ2v) is 8.13. The van der Waals surface area contributed by atoms with Crippen LogP contribution in [0, 0.1) is 0 Å². The number of nitrogens with zero attached hydrogens (tertiary/aromatic N) is 1. The second-order valence-electron chi connectivity index (χ2n) is 8.13. The van der Waals surface area contributed by atoms with Gasteiger partial charge >= 0.3 is 0 Å². The zero-order valence-electron chi connectivity index (χ0n) is 18.9. The molecule has 0 amide bonds. The molecule has 0 aliphatic rings. The van der Waals surface area contributed by atoms with Gasteiger partial charge in [-0.25, -0.2) is 0 Å². The van der Waals surface area contributed by atoms with Gasteiger partial charge in [0.15, 0.2) is 0 Å². The minimum Gasteiger partial charge on any atom is -0.309 e. The number of para-hydroxylation sites is 1. The lowest BCUT2D eigenvalue weighted by Gasteiger charge is -2.16. The summed E-state index contributed by atoms with van der Waals surface area (Å²) in [6.07, 6.45) is 5.29. The highest BCUT2D eigenvalue weighted by atomic mass is 15.0. The average Bonchev–Trinajstić information content (AvgIpc) is 3.22. The Balaban J connectivity index is 1.87. The summed E-state index contributed by atoms with van der Waals surface area (Å²) < 4.78 is 2.38. The fourth-order valence-corrected chi connectivity index (χ4v) is 4.62. The molecule has 0 bridgehead atoms. The lowest BCUT2D eigenvalue weighted by Crippen LogP contribution is -2.02. The smallest absolute Gasteiger partial charge is 0.0616 e. The van der Waals surface area contributed by atoms with Crippen LogP contribution in [0.1, 0.15) is 30.2 Å².